The van der Waals surface area contributed by atoms with Crippen molar-refractivity contribution in [2.24, 2.45) is 0 Å². The van der Waals surface area contributed by atoms with E-state index in [1.54, 1.807) is 18.2 Å². The molecule has 0 saturated heterocycles. The molecule has 186 valence electrons. The summed E-state index contributed by atoms with van der Waals surface area (Å²) in [6, 6.07) is 14.8. The third-order valence-corrected chi connectivity index (χ3v) is 5.19. The molecular formula is C24H27F2N5O4. The summed E-state index contributed by atoms with van der Waals surface area (Å²) in [5.41, 5.74) is 5.69. The lowest BCUT2D eigenvalue weighted by Crippen LogP contribution is -2.41. The number of unbranched alkanes of at least 4 members (excludes halogenated alkanes) is 1. The highest BCUT2D eigenvalue weighted by molar-refractivity contribution is 5.95. The topological polar surface area (TPSA) is 122 Å². The molecule has 0 bridgehead atoms. The van der Waals surface area contributed by atoms with Gasteiger partial charge in [-0.05, 0) is 24.1 Å². The van der Waals surface area contributed by atoms with Crippen molar-refractivity contribution in [2.45, 2.75) is 39.5 Å². The van der Waals surface area contributed by atoms with Crippen molar-refractivity contribution in [1.82, 2.24) is 9.55 Å². The monoisotopic (exact) mass is 487 g/mol. The van der Waals surface area contributed by atoms with Crippen LogP contribution >= 0.6 is 0 Å². The average molecular weight is 488 g/mol. The van der Waals surface area contributed by atoms with Gasteiger partial charge in [0.15, 0.2) is 0 Å². The number of nitrogens with one attached hydrogen (secondary N) is 2. The molecular weight excluding hydrogens is 460 g/mol. The van der Waals surface area contributed by atoms with Crippen LogP contribution in [-0.4, -0.2) is 28.6 Å². The molecule has 35 heavy (non-hydrogen) atoms. The zero-order valence-corrected chi connectivity index (χ0v) is 19.2. The molecule has 3 rings (SSSR count). The van der Waals surface area contributed by atoms with E-state index in [1.807, 2.05) is 25.1 Å². The van der Waals surface area contributed by atoms with Gasteiger partial charge in [-0.3, -0.25) is 19.1 Å². The molecule has 0 spiro atoms. The quantitative estimate of drug-likeness (QED) is 0.382. The second-order valence-electron chi connectivity index (χ2n) is 7.76. The Morgan fingerprint density at radius 2 is 1.83 bits per heavy atom. The largest absolute Gasteiger partial charge is 0.433 e. The van der Waals surface area contributed by atoms with Crippen molar-refractivity contribution in [3.05, 3.63) is 81.0 Å². The van der Waals surface area contributed by atoms with Crippen LogP contribution in [0, 0.1) is 0 Å². The van der Waals surface area contributed by atoms with Crippen molar-refractivity contribution in [1.29, 1.82) is 0 Å². The van der Waals surface area contributed by atoms with Crippen LogP contribution in [0.4, 0.5) is 26.0 Å². The Balaban J connectivity index is 1.96. The first-order chi connectivity index (χ1) is 16.8. The molecule has 1 heterocycles. The summed E-state index contributed by atoms with van der Waals surface area (Å²) < 4.78 is 31.2. The maximum Gasteiger partial charge on any atom is 0.387 e. The molecule has 11 heteroatoms. The minimum absolute atomic E-state index is 0.0307. The highest BCUT2D eigenvalue weighted by atomic mass is 19.3. The Morgan fingerprint density at radius 3 is 2.51 bits per heavy atom. The first-order valence-electron chi connectivity index (χ1n) is 11.0. The van der Waals surface area contributed by atoms with Gasteiger partial charge in [0.25, 0.3) is 5.56 Å². The molecule has 0 unspecified atom stereocenters. The molecule has 9 nitrogen and oxygen atoms in total. The first-order valence-corrected chi connectivity index (χ1v) is 11.0. The Bertz CT molecular complexity index is 1260. The van der Waals surface area contributed by atoms with Gasteiger partial charge >= 0.3 is 12.3 Å². The van der Waals surface area contributed by atoms with Gasteiger partial charge in [-0.1, -0.05) is 55.8 Å². The minimum Gasteiger partial charge on any atom is -0.433 e. The normalized spacial score (nSPS) is 10.9. The lowest BCUT2D eigenvalue weighted by atomic mass is 10.2. The molecule has 0 radical (unpaired) electrons. The highest BCUT2D eigenvalue weighted by Crippen LogP contribution is 2.26. The minimum atomic E-state index is -3.06. The van der Waals surface area contributed by atoms with E-state index in [1.165, 1.54) is 27.7 Å². The molecule has 0 saturated carbocycles. The van der Waals surface area contributed by atoms with Crippen molar-refractivity contribution in [3.8, 4) is 5.75 Å². The molecule has 1 amide bonds. The number of hydrogen-bond acceptors (Lipinski definition) is 6. The lowest BCUT2D eigenvalue weighted by molar-refractivity contribution is -0.115. The second-order valence-corrected chi connectivity index (χ2v) is 7.76. The van der Waals surface area contributed by atoms with Crippen LogP contribution in [-0.2, 0) is 17.9 Å². The van der Waals surface area contributed by atoms with Crippen LogP contribution in [0.5, 0.6) is 5.75 Å². The van der Waals surface area contributed by atoms with Gasteiger partial charge in [0.2, 0.25) is 5.91 Å². The predicted octanol–water partition coefficient (Wildman–Crippen LogP) is 3.17. The van der Waals surface area contributed by atoms with Gasteiger partial charge in [0.05, 0.1) is 12.2 Å². The van der Waals surface area contributed by atoms with Crippen LogP contribution < -0.4 is 31.9 Å². The lowest BCUT2D eigenvalue weighted by Gasteiger charge is -2.26. The van der Waals surface area contributed by atoms with Gasteiger partial charge in [0.1, 0.15) is 17.3 Å². The number of carbonyl (C=O) groups is 1. The second kappa shape index (κ2) is 11.8. The number of aromatic nitrogens is 2. The number of nitrogen functional groups attached to an aromatic ring is 1. The van der Waals surface area contributed by atoms with Gasteiger partial charge in [-0.2, -0.15) is 8.78 Å². The summed E-state index contributed by atoms with van der Waals surface area (Å²) in [5, 5.41) is 2.54. The van der Waals surface area contributed by atoms with Gasteiger partial charge in [-0.25, -0.2) is 4.79 Å². The van der Waals surface area contributed by atoms with E-state index in [-0.39, 0.29) is 36.0 Å². The number of amides is 1. The Labute approximate surface area is 200 Å². The molecule has 0 fully saturated rings. The fourth-order valence-corrected chi connectivity index (χ4v) is 3.57. The third kappa shape index (κ3) is 6.69. The molecule has 3 aromatic rings. The van der Waals surface area contributed by atoms with Crippen molar-refractivity contribution >= 4 is 23.1 Å². The van der Waals surface area contributed by atoms with Crippen LogP contribution in [0.15, 0.2) is 64.2 Å². The van der Waals surface area contributed by atoms with Crippen LogP contribution in [0.25, 0.3) is 0 Å². The fraction of sp³-hybridized carbons (Fsp3) is 0.292. The van der Waals surface area contributed by atoms with Crippen molar-refractivity contribution < 1.29 is 18.3 Å². The smallest absolute Gasteiger partial charge is 0.387 e. The van der Waals surface area contributed by atoms with Gasteiger partial charge < -0.3 is 20.7 Å². The van der Waals surface area contributed by atoms with Gasteiger partial charge in [0, 0.05) is 13.1 Å². The van der Waals surface area contributed by atoms with Crippen LogP contribution in [0.3, 0.4) is 0 Å². The Kier molecular flexibility index (Phi) is 8.60. The van der Waals surface area contributed by atoms with E-state index >= 15 is 0 Å². The molecule has 0 aliphatic carbocycles. The number of benzene rings is 2. The standard InChI is InChI=1S/C24H27F2N5O4/c1-2-3-13-31-21(27)20(22(33)29-24(31)34)30(14-16-9-5-4-6-10-16)15-19(32)28-17-11-7-8-12-18(17)35-23(25)26/h4-12,23H,2-3,13-15,27H2,1H3,(H,28,32)(H,29,33,34). The summed E-state index contributed by atoms with van der Waals surface area (Å²) in [7, 11) is 0. The number of hydrogen-bond donors (Lipinski definition) is 3. The Hall–Kier alpha value is -4.15. The number of rotatable bonds is 11. The molecule has 1 aromatic heterocycles. The van der Waals surface area contributed by atoms with E-state index in [9.17, 15) is 23.2 Å². The molecule has 0 atom stereocenters. The summed E-state index contributed by atoms with van der Waals surface area (Å²) in [6.45, 7) is -1.03. The van der Waals surface area contributed by atoms with Crippen molar-refractivity contribution in [2.75, 3.05) is 22.5 Å². The summed E-state index contributed by atoms with van der Waals surface area (Å²) in [5.74, 6) is -0.857. The number of H-pyrrole nitrogens is 1. The fourth-order valence-electron chi connectivity index (χ4n) is 3.57. The number of nitrogens with two attached hydrogens (primary N) is 1. The Morgan fingerprint density at radius 1 is 1.14 bits per heavy atom. The molecule has 0 aliphatic heterocycles. The summed E-state index contributed by atoms with van der Waals surface area (Å²) >= 11 is 0. The maximum atomic E-state index is 13.0. The number of ether oxygens (including phenoxy) is 1. The van der Waals surface area contributed by atoms with Crippen molar-refractivity contribution in [3.63, 3.8) is 0 Å². The SMILES string of the molecule is CCCCn1c(N)c(N(CC(=O)Nc2ccccc2OC(F)F)Cc2ccccc2)c(=O)[nH]c1=O. The summed E-state index contributed by atoms with van der Waals surface area (Å²) in [4.78, 5) is 41.8. The molecule has 2 aromatic carbocycles. The van der Waals surface area contributed by atoms with E-state index in [4.69, 9.17) is 5.73 Å². The number of aromatic amines is 1. The van der Waals surface area contributed by atoms with E-state index in [2.05, 4.69) is 15.0 Å². The van der Waals surface area contributed by atoms with Crippen LogP contribution in [0.1, 0.15) is 25.3 Å². The van der Waals surface area contributed by atoms with Crippen LogP contribution in [0.2, 0.25) is 0 Å². The average Bonchev–Trinajstić information content (AvgIpc) is 2.80. The van der Waals surface area contributed by atoms with E-state index in [0.29, 0.717) is 13.0 Å². The maximum absolute atomic E-state index is 13.0. The number of anilines is 3. The number of para-hydroxylation sites is 2. The van der Waals surface area contributed by atoms with Gasteiger partial charge in [-0.15, -0.1) is 0 Å². The molecule has 4 N–H and O–H groups in total. The first kappa shape index (κ1) is 25.5. The number of alkyl halides is 2. The molecule has 0 aliphatic rings. The zero-order valence-electron chi connectivity index (χ0n) is 19.2. The number of nitrogens with zero attached hydrogens (tertiary/aromatic N) is 2. The van der Waals surface area contributed by atoms with E-state index in [0.717, 1.165) is 12.0 Å². The van der Waals surface area contributed by atoms with E-state index < -0.39 is 23.8 Å². The zero-order chi connectivity index (χ0) is 25.4. The summed E-state index contributed by atoms with van der Waals surface area (Å²) in [6.07, 6.45) is 1.46. The third-order valence-electron chi connectivity index (χ3n) is 5.19. The highest BCUT2D eigenvalue weighted by Gasteiger charge is 2.22. The number of carbonyl (C=O) groups excluding carboxylic acids is 1. The predicted molar refractivity (Wildman–Crippen MR) is 130 cm³/mol. The number of halogens is 2.